The SMILES string of the molecule is CC(C)(C)[C@H](N)C(=O)Nc1ccc(S(=O)(=O)Nc2ccc(F)cc2F)cc1. The van der Waals surface area contributed by atoms with Crippen molar-refractivity contribution in [3.63, 3.8) is 0 Å². The van der Waals surface area contributed by atoms with Crippen LogP contribution in [0.15, 0.2) is 47.4 Å². The minimum absolute atomic E-state index is 0.149. The molecule has 0 aliphatic rings. The fraction of sp³-hybridized carbons (Fsp3) is 0.278. The van der Waals surface area contributed by atoms with Crippen molar-refractivity contribution in [3.05, 3.63) is 54.1 Å². The van der Waals surface area contributed by atoms with Gasteiger partial charge in [0.05, 0.1) is 16.6 Å². The lowest BCUT2D eigenvalue weighted by Gasteiger charge is -2.25. The molecule has 0 saturated carbocycles. The third kappa shape index (κ3) is 5.24. The highest BCUT2D eigenvalue weighted by molar-refractivity contribution is 7.92. The van der Waals surface area contributed by atoms with Crippen LogP contribution in [0.5, 0.6) is 0 Å². The molecule has 0 heterocycles. The van der Waals surface area contributed by atoms with Crippen LogP contribution in [0, 0.1) is 17.0 Å². The van der Waals surface area contributed by atoms with Crippen LogP contribution >= 0.6 is 0 Å². The van der Waals surface area contributed by atoms with Gasteiger partial charge in [0.15, 0.2) is 0 Å². The van der Waals surface area contributed by atoms with Gasteiger partial charge in [-0.25, -0.2) is 17.2 Å². The molecular weight excluding hydrogens is 376 g/mol. The molecule has 0 aromatic heterocycles. The zero-order valence-corrected chi connectivity index (χ0v) is 15.9. The van der Waals surface area contributed by atoms with E-state index in [9.17, 15) is 22.0 Å². The number of hydrogen-bond acceptors (Lipinski definition) is 4. The molecule has 0 radical (unpaired) electrons. The van der Waals surface area contributed by atoms with Crippen LogP contribution in [0.4, 0.5) is 20.2 Å². The van der Waals surface area contributed by atoms with Gasteiger partial charge in [-0.15, -0.1) is 0 Å². The van der Waals surface area contributed by atoms with Gasteiger partial charge in [-0.3, -0.25) is 9.52 Å². The molecule has 0 aliphatic carbocycles. The summed E-state index contributed by atoms with van der Waals surface area (Å²) in [5.41, 5.74) is 5.43. The molecule has 6 nitrogen and oxygen atoms in total. The summed E-state index contributed by atoms with van der Waals surface area (Å²) in [6.07, 6.45) is 0. The third-order valence-corrected chi connectivity index (χ3v) is 5.20. The average molecular weight is 397 g/mol. The number of sulfonamides is 1. The molecule has 1 amide bonds. The van der Waals surface area contributed by atoms with E-state index in [2.05, 4.69) is 10.0 Å². The van der Waals surface area contributed by atoms with Gasteiger partial charge in [-0.2, -0.15) is 0 Å². The van der Waals surface area contributed by atoms with Gasteiger partial charge < -0.3 is 11.1 Å². The Kier molecular flexibility index (Phi) is 5.86. The number of amides is 1. The first-order valence-electron chi connectivity index (χ1n) is 8.04. The number of rotatable bonds is 5. The Morgan fingerprint density at radius 3 is 2.19 bits per heavy atom. The van der Waals surface area contributed by atoms with E-state index in [0.29, 0.717) is 11.8 Å². The first-order chi connectivity index (χ1) is 12.4. The van der Waals surface area contributed by atoms with Crippen molar-refractivity contribution >= 4 is 27.3 Å². The summed E-state index contributed by atoms with van der Waals surface area (Å²) >= 11 is 0. The van der Waals surface area contributed by atoms with Gasteiger partial charge in [-0.05, 0) is 41.8 Å². The van der Waals surface area contributed by atoms with E-state index in [4.69, 9.17) is 5.73 Å². The molecule has 0 fully saturated rings. The molecule has 0 bridgehead atoms. The van der Waals surface area contributed by atoms with Gasteiger partial charge in [0.25, 0.3) is 10.0 Å². The summed E-state index contributed by atoms with van der Waals surface area (Å²) in [6.45, 7) is 5.48. The first kappa shape index (κ1) is 20.8. The predicted molar refractivity (Wildman–Crippen MR) is 99.7 cm³/mol. The molecule has 4 N–H and O–H groups in total. The van der Waals surface area contributed by atoms with Crippen LogP contribution in [0.3, 0.4) is 0 Å². The number of anilines is 2. The molecule has 27 heavy (non-hydrogen) atoms. The lowest BCUT2D eigenvalue weighted by atomic mass is 9.87. The predicted octanol–water partition coefficient (Wildman–Crippen LogP) is 3.08. The molecule has 2 aromatic rings. The van der Waals surface area contributed by atoms with Crippen molar-refractivity contribution in [2.45, 2.75) is 31.7 Å². The van der Waals surface area contributed by atoms with Crippen LogP contribution in [0.2, 0.25) is 0 Å². The third-order valence-electron chi connectivity index (χ3n) is 3.82. The molecular formula is C18H21F2N3O3S. The van der Waals surface area contributed by atoms with E-state index >= 15 is 0 Å². The van der Waals surface area contributed by atoms with E-state index in [1.54, 1.807) is 0 Å². The zero-order valence-electron chi connectivity index (χ0n) is 15.1. The summed E-state index contributed by atoms with van der Waals surface area (Å²) in [5.74, 6) is -2.24. The highest BCUT2D eigenvalue weighted by Gasteiger charge is 2.27. The number of halogens is 2. The van der Waals surface area contributed by atoms with Gasteiger partial charge in [0.1, 0.15) is 11.6 Å². The number of benzene rings is 2. The van der Waals surface area contributed by atoms with E-state index in [1.165, 1.54) is 24.3 Å². The molecule has 0 aliphatic heterocycles. The van der Waals surface area contributed by atoms with Crippen LogP contribution in [0.1, 0.15) is 20.8 Å². The average Bonchev–Trinajstić information content (AvgIpc) is 2.56. The molecule has 0 spiro atoms. The lowest BCUT2D eigenvalue weighted by Crippen LogP contribution is -2.45. The second kappa shape index (κ2) is 7.61. The maximum Gasteiger partial charge on any atom is 0.261 e. The number of hydrogen-bond donors (Lipinski definition) is 3. The second-order valence-electron chi connectivity index (χ2n) is 7.09. The normalized spacial score (nSPS) is 13.1. The van der Waals surface area contributed by atoms with Gasteiger partial charge in [0, 0.05) is 11.8 Å². The summed E-state index contributed by atoms with van der Waals surface area (Å²) in [4.78, 5) is 12.0. The van der Waals surface area contributed by atoms with Crippen molar-refractivity contribution in [1.29, 1.82) is 0 Å². The second-order valence-corrected chi connectivity index (χ2v) is 8.77. The monoisotopic (exact) mass is 397 g/mol. The Labute approximate surface area is 156 Å². The van der Waals surface area contributed by atoms with Crippen LogP contribution in [0.25, 0.3) is 0 Å². The Morgan fingerprint density at radius 2 is 1.67 bits per heavy atom. The smallest absolute Gasteiger partial charge is 0.261 e. The summed E-state index contributed by atoms with van der Waals surface area (Å²) in [5, 5.41) is 2.61. The maximum atomic E-state index is 13.6. The van der Waals surface area contributed by atoms with Crippen molar-refractivity contribution < 1.29 is 22.0 Å². The quantitative estimate of drug-likeness (QED) is 0.722. The van der Waals surface area contributed by atoms with Gasteiger partial charge >= 0.3 is 0 Å². The van der Waals surface area contributed by atoms with E-state index in [-0.39, 0.29) is 10.6 Å². The molecule has 0 saturated heterocycles. The summed E-state index contributed by atoms with van der Waals surface area (Å²) in [7, 11) is -4.08. The Hall–Kier alpha value is -2.52. The topological polar surface area (TPSA) is 101 Å². The van der Waals surface area contributed by atoms with E-state index in [0.717, 1.165) is 12.1 Å². The highest BCUT2D eigenvalue weighted by atomic mass is 32.2. The first-order valence-corrected chi connectivity index (χ1v) is 9.53. The van der Waals surface area contributed by atoms with Gasteiger partial charge in [-0.1, -0.05) is 20.8 Å². The summed E-state index contributed by atoms with van der Waals surface area (Å²) < 4.78 is 53.3. The molecule has 9 heteroatoms. The molecule has 2 rings (SSSR count). The molecule has 2 aromatic carbocycles. The summed E-state index contributed by atoms with van der Waals surface area (Å²) in [6, 6.07) is 7.05. The Morgan fingerprint density at radius 1 is 1.07 bits per heavy atom. The van der Waals surface area contributed by atoms with Crippen molar-refractivity contribution in [2.75, 3.05) is 10.0 Å². The van der Waals surface area contributed by atoms with Crippen molar-refractivity contribution in [2.24, 2.45) is 11.1 Å². The van der Waals surface area contributed by atoms with Crippen LogP contribution < -0.4 is 15.8 Å². The number of nitrogens with one attached hydrogen (secondary N) is 2. The molecule has 1 atom stereocenters. The van der Waals surface area contributed by atoms with E-state index in [1.807, 2.05) is 20.8 Å². The van der Waals surface area contributed by atoms with Crippen LogP contribution in [-0.4, -0.2) is 20.4 Å². The molecule has 146 valence electrons. The van der Waals surface area contributed by atoms with Crippen molar-refractivity contribution in [3.8, 4) is 0 Å². The fourth-order valence-corrected chi connectivity index (χ4v) is 3.17. The minimum Gasteiger partial charge on any atom is -0.325 e. The van der Waals surface area contributed by atoms with Crippen LogP contribution in [-0.2, 0) is 14.8 Å². The maximum absolute atomic E-state index is 13.6. The largest absolute Gasteiger partial charge is 0.325 e. The molecule has 0 unspecified atom stereocenters. The standard InChI is InChI=1S/C18H21F2N3O3S/c1-18(2,3)16(21)17(24)22-12-5-7-13(8-6-12)27(25,26)23-15-9-4-11(19)10-14(15)20/h4-10,16,23H,21H2,1-3H3,(H,22,24)/t16-/m1/s1. The zero-order chi connectivity index (χ0) is 20.4. The number of carbonyl (C=O) groups is 1. The number of nitrogens with two attached hydrogens (primary N) is 1. The highest BCUT2D eigenvalue weighted by Crippen LogP contribution is 2.22. The number of carbonyl (C=O) groups excluding carboxylic acids is 1. The minimum atomic E-state index is -4.08. The Bertz CT molecular complexity index is 939. The van der Waals surface area contributed by atoms with E-state index < -0.39 is 39.0 Å². The Balaban J connectivity index is 2.15. The van der Waals surface area contributed by atoms with Crippen molar-refractivity contribution in [1.82, 2.24) is 0 Å². The fourth-order valence-electron chi connectivity index (χ4n) is 2.11. The lowest BCUT2D eigenvalue weighted by molar-refractivity contribution is -0.119. The van der Waals surface area contributed by atoms with Gasteiger partial charge in [0.2, 0.25) is 5.91 Å².